The van der Waals surface area contributed by atoms with E-state index in [1.54, 1.807) is 36.4 Å². The Morgan fingerprint density at radius 3 is 2.70 bits per heavy atom. The highest BCUT2D eigenvalue weighted by molar-refractivity contribution is 6.31. The average Bonchev–Trinajstić information content (AvgIpc) is 3.18. The number of nitrogens with zero attached hydrogens (tertiary/aromatic N) is 3. The summed E-state index contributed by atoms with van der Waals surface area (Å²) in [4.78, 5) is 19.1. The Balaban J connectivity index is 1.50. The maximum absolute atomic E-state index is 12.8. The number of carbonyl (C=O) groups excluding carboxylic acids is 1. The van der Waals surface area contributed by atoms with E-state index in [1.165, 1.54) is 0 Å². The summed E-state index contributed by atoms with van der Waals surface area (Å²) in [6, 6.07) is 14.3. The van der Waals surface area contributed by atoms with Crippen molar-refractivity contribution in [3.05, 3.63) is 70.0 Å². The van der Waals surface area contributed by atoms with Gasteiger partial charge in [0.2, 0.25) is 11.7 Å². The van der Waals surface area contributed by atoms with Crippen LogP contribution in [0.4, 0.5) is 0 Å². The lowest BCUT2D eigenvalue weighted by Gasteiger charge is -2.31. The van der Waals surface area contributed by atoms with Gasteiger partial charge in [0.05, 0.1) is 5.92 Å². The van der Waals surface area contributed by atoms with E-state index in [0.717, 1.165) is 18.4 Å². The van der Waals surface area contributed by atoms with Crippen LogP contribution in [-0.2, 0) is 0 Å². The molecule has 5 nitrogen and oxygen atoms in total. The summed E-state index contributed by atoms with van der Waals surface area (Å²) >= 11 is 11.9. The zero-order valence-electron chi connectivity index (χ0n) is 14.4. The molecule has 1 fully saturated rings. The van der Waals surface area contributed by atoms with Gasteiger partial charge in [0.1, 0.15) is 0 Å². The van der Waals surface area contributed by atoms with E-state index < -0.39 is 0 Å². The molecule has 138 valence electrons. The number of likely N-dealkylation sites (tertiary alicyclic amines) is 1. The molecule has 1 aromatic heterocycles. The molecule has 0 saturated carbocycles. The van der Waals surface area contributed by atoms with Gasteiger partial charge in [-0.05, 0) is 49.2 Å². The van der Waals surface area contributed by atoms with E-state index in [9.17, 15) is 4.79 Å². The smallest absolute Gasteiger partial charge is 0.253 e. The maximum Gasteiger partial charge on any atom is 0.253 e. The third-order valence-electron chi connectivity index (χ3n) is 4.67. The zero-order valence-corrected chi connectivity index (χ0v) is 16.0. The number of aromatic nitrogens is 2. The van der Waals surface area contributed by atoms with E-state index in [1.807, 2.05) is 17.0 Å². The lowest BCUT2D eigenvalue weighted by Crippen LogP contribution is -2.39. The number of hydrogen-bond acceptors (Lipinski definition) is 4. The predicted octanol–water partition coefficient (Wildman–Crippen LogP) is 5.06. The van der Waals surface area contributed by atoms with Crippen LogP contribution < -0.4 is 0 Å². The van der Waals surface area contributed by atoms with Crippen molar-refractivity contribution in [2.24, 2.45) is 0 Å². The molecular weight excluding hydrogens is 385 g/mol. The molecule has 3 aromatic rings. The maximum atomic E-state index is 12.8. The van der Waals surface area contributed by atoms with Gasteiger partial charge in [-0.3, -0.25) is 4.79 Å². The second kappa shape index (κ2) is 7.71. The lowest BCUT2D eigenvalue weighted by molar-refractivity contribution is 0.0695. The van der Waals surface area contributed by atoms with Gasteiger partial charge in [-0.2, -0.15) is 4.98 Å². The fraction of sp³-hybridized carbons (Fsp3) is 0.250. The molecule has 2 heterocycles. The molecule has 1 aliphatic heterocycles. The molecule has 0 aliphatic carbocycles. The molecule has 4 rings (SSSR count). The molecule has 0 spiro atoms. The zero-order chi connectivity index (χ0) is 18.8. The third kappa shape index (κ3) is 3.99. The van der Waals surface area contributed by atoms with Crippen LogP contribution in [0.1, 0.15) is 35.0 Å². The van der Waals surface area contributed by atoms with Gasteiger partial charge >= 0.3 is 0 Å². The fourth-order valence-electron chi connectivity index (χ4n) is 3.28. The van der Waals surface area contributed by atoms with E-state index >= 15 is 0 Å². The largest absolute Gasteiger partial charge is 0.339 e. The monoisotopic (exact) mass is 401 g/mol. The average molecular weight is 402 g/mol. The van der Waals surface area contributed by atoms with Crippen molar-refractivity contribution >= 4 is 29.1 Å². The highest BCUT2D eigenvalue weighted by Crippen LogP contribution is 2.29. The van der Waals surface area contributed by atoms with Gasteiger partial charge in [0.15, 0.2) is 0 Å². The van der Waals surface area contributed by atoms with E-state index in [0.29, 0.717) is 40.4 Å². The molecular formula is C20H17Cl2N3O2. The summed E-state index contributed by atoms with van der Waals surface area (Å²) in [6.45, 7) is 1.27. The Hall–Kier alpha value is -2.37. The van der Waals surface area contributed by atoms with Gasteiger partial charge in [-0.1, -0.05) is 40.5 Å². The van der Waals surface area contributed by atoms with Crippen molar-refractivity contribution in [2.45, 2.75) is 18.8 Å². The third-order valence-corrected chi connectivity index (χ3v) is 5.16. The van der Waals surface area contributed by atoms with E-state index in [2.05, 4.69) is 10.1 Å². The van der Waals surface area contributed by atoms with Crippen LogP contribution in [0.3, 0.4) is 0 Å². The van der Waals surface area contributed by atoms with Gasteiger partial charge in [-0.15, -0.1) is 0 Å². The molecule has 1 aliphatic rings. The van der Waals surface area contributed by atoms with E-state index in [4.69, 9.17) is 27.7 Å². The second-order valence-corrected chi connectivity index (χ2v) is 7.44. The van der Waals surface area contributed by atoms with Crippen molar-refractivity contribution in [1.29, 1.82) is 0 Å². The van der Waals surface area contributed by atoms with Crippen molar-refractivity contribution in [3.8, 4) is 11.4 Å². The number of hydrogen-bond donors (Lipinski definition) is 0. The van der Waals surface area contributed by atoms with Crippen molar-refractivity contribution in [3.63, 3.8) is 0 Å². The number of rotatable bonds is 3. The standard InChI is InChI=1S/C20H17Cl2N3O2/c21-16-8-6-13(7-9-16)20(26)25-10-2-4-15(12-25)19-23-18(24-27-19)14-3-1-5-17(22)11-14/h1,3,5-9,11,15H,2,4,10,12H2/t15-/m0/s1. The van der Waals surface area contributed by atoms with Crippen molar-refractivity contribution in [1.82, 2.24) is 15.0 Å². The van der Waals surface area contributed by atoms with Gasteiger partial charge in [0.25, 0.3) is 5.91 Å². The van der Waals surface area contributed by atoms with Crippen molar-refractivity contribution < 1.29 is 9.32 Å². The number of benzene rings is 2. The van der Waals surface area contributed by atoms with Crippen LogP contribution in [0.25, 0.3) is 11.4 Å². The SMILES string of the molecule is O=C(c1ccc(Cl)cc1)N1CCC[C@H](c2nc(-c3cccc(Cl)c3)no2)C1. The Bertz CT molecular complexity index is 956. The van der Waals surface area contributed by atoms with Crippen LogP contribution in [0.5, 0.6) is 0 Å². The topological polar surface area (TPSA) is 59.2 Å². The Kier molecular flexibility index (Phi) is 5.14. The molecule has 27 heavy (non-hydrogen) atoms. The molecule has 1 saturated heterocycles. The minimum atomic E-state index is -0.00838. The van der Waals surface area contributed by atoms with Gasteiger partial charge in [-0.25, -0.2) is 0 Å². The quantitative estimate of drug-likeness (QED) is 0.614. The lowest BCUT2D eigenvalue weighted by atomic mass is 9.97. The molecule has 0 unspecified atom stereocenters. The molecule has 1 atom stereocenters. The van der Waals surface area contributed by atoms with Crippen LogP contribution in [0, 0.1) is 0 Å². The van der Waals surface area contributed by atoms with Crippen LogP contribution >= 0.6 is 23.2 Å². The minimum absolute atomic E-state index is 0.00838. The number of halogens is 2. The van der Waals surface area contributed by atoms with E-state index in [-0.39, 0.29) is 11.8 Å². The summed E-state index contributed by atoms with van der Waals surface area (Å²) in [5.74, 6) is 1.08. The number of piperidine rings is 1. The molecule has 7 heteroatoms. The predicted molar refractivity (Wildman–Crippen MR) is 104 cm³/mol. The first kappa shape index (κ1) is 18.0. The molecule has 2 aromatic carbocycles. The first-order valence-corrected chi connectivity index (χ1v) is 9.50. The molecule has 0 radical (unpaired) electrons. The summed E-state index contributed by atoms with van der Waals surface area (Å²) < 4.78 is 5.49. The highest BCUT2D eigenvalue weighted by atomic mass is 35.5. The Morgan fingerprint density at radius 1 is 1.11 bits per heavy atom. The summed E-state index contributed by atoms with van der Waals surface area (Å²) in [5.41, 5.74) is 1.44. The molecule has 0 N–H and O–H groups in total. The second-order valence-electron chi connectivity index (χ2n) is 6.56. The van der Waals surface area contributed by atoms with Gasteiger partial charge in [0, 0.05) is 34.3 Å². The highest BCUT2D eigenvalue weighted by Gasteiger charge is 2.29. The Labute approximate surface area is 166 Å². The first-order valence-electron chi connectivity index (χ1n) is 8.74. The summed E-state index contributed by atoms with van der Waals surface area (Å²) in [5, 5.41) is 5.31. The summed E-state index contributed by atoms with van der Waals surface area (Å²) in [7, 11) is 0. The van der Waals surface area contributed by atoms with Crippen LogP contribution in [0.15, 0.2) is 53.1 Å². The van der Waals surface area contributed by atoms with Crippen LogP contribution in [0.2, 0.25) is 10.0 Å². The normalized spacial score (nSPS) is 17.1. The number of carbonyl (C=O) groups is 1. The van der Waals surface area contributed by atoms with Gasteiger partial charge < -0.3 is 9.42 Å². The summed E-state index contributed by atoms with van der Waals surface area (Å²) in [6.07, 6.45) is 1.79. The molecule has 0 bridgehead atoms. The minimum Gasteiger partial charge on any atom is -0.339 e. The first-order chi connectivity index (χ1) is 13.1. The Morgan fingerprint density at radius 2 is 1.93 bits per heavy atom. The fourth-order valence-corrected chi connectivity index (χ4v) is 3.60. The molecule has 1 amide bonds. The van der Waals surface area contributed by atoms with Crippen molar-refractivity contribution in [2.75, 3.05) is 13.1 Å². The van der Waals surface area contributed by atoms with Crippen LogP contribution in [-0.4, -0.2) is 34.0 Å². The number of amides is 1.